The van der Waals surface area contributed by atoms with E-state index in [1.807, 2.05) is 32.3 Å². The molecule has 1 aromatic carbocycles. The SMILES string of the molecule is CN1C(=O)[C@]2(C[C@H]3C(=O)CC[C@@H]2N3C)c2ccccc21. The van der Waals surface area contributed by atoms with Crippen molar-refractivity contribution in [2.24, 2.45) is 0 Å². The van der Waals surface area contributed by atoms with Gasteiger partial charge in [-0.1, -0.05) is 18.2 Å². The standard InChI is InChI=1S/C16H18N2O2/c1-17-12-9-16(14(17)8-7-13(12)19)10-5-3-4-6-11(10)18(2)15(16)20/h3-6,12,14H,7-9H2,1-2H3/t12-,14-,16+/m0/s1. The molecule has 3 aliphatic heterocycles. The highest BCUT2D eigenvalue weighted by Crippen LogP contribution is 2.54. The van der Waals surface area contributed by atoms with Crippen LogP contribution in [0.5, 0.6) is 0 Å². The smallest absolute Gasteiger partial charge is 0.239 e. The van der Waals surface area contributed by atoms with Crippen LogP contribution in [-0.4, -0.2) is 42.8 Å². The topological polar surface area (TPSA) is 40.6 Å². The van der Waals surface area contributed by atoms with Gasteiger partial charge in [-0.05, 0) is 31.5 Å². The summed E-state index contributed by atoms with van der Waals surface area (Å²) in [6.45, 7) is 0. The second-order valence-electron chi connectivity index (χ2n) is 6.26. The van der Waals surface area contributed by atoms with Gasteiger partial charge in [0.25, 0.3) is 0 Å². The summed E-state index contributed by atoms with van der Waals surface area (Å²) in [6.07, 6.45) is 2.05. The summed E-state index contributed by atoms with van der Waals surface area (Å²) >= 11 is 0. The van der Waals surface area contributed by atoms with Gasteiger partial charge in [-0.25, -0.2) is 0 Å². The summed E-state index contributed by atoms with van der Waals surface area (Å²) in [5, 5.41) is 0. The molecule has 0 saturated carbocycles. The molecule has 1 amide bonds. The molecule has 1 spiro atoms. The van der Waals surface area contributed by atoms with Crippen LogP contribution in [-0.2, 0) is 15.0 Å². The molecule has 0 aromatic heterocycles. The summed E-state index contributed by atoms with van der Waals surface area (Å²) < 4.78 is 0. The Bertz CT molecular complexity index is 627. The number of piperidine rings is 1. The number of fused-ring (bicyclic) bond motifs is 5. The molecule has 3 aliphatic rings. The largest absolute Gasteiger partial charge is 0.314 e. The Kier molecular flexibility index (Phi) is 2.24. The van der Waals surface area contributed by atoms with E-state index in [0.29, 0.717) is 18.6 Å². The molecule has 0 N–H and O–H groups in total. The first kappa shape index (κ1) is 12.1. The molecule has 2 saturated heterocycles. The molecular weight excluding hydrogens is 252 g/mol. The van der Waals surface area contributed by atoms with Crippen LogP contribution in [0.1, 0.15) is 24.8 Å². The summed E-state index contributed by atoms with van der Waals surface area (Å²) in [6, 6.07) is 8.11. The van der Waals surface area contributed by atoms with Gasteiger partial charge in [0.15, 0.2) is 0 Å². The third-order valence-corrected chi connectivity index (χ3v) is 5.54. The average Bonchev–Trinajstić information content (AvgIpc) is 2.78. The second kappa shape index (κ2) is 3.70. The Hall–Kier alpha value is -1.68. The highest BCUT2D eigenvalue weighted by Gasteiger charge is 2.63. The van der Waals surface area contributed by atoms with Gasteiger partial charge in [-0.3, -0.25) is 14.5 Å². The van der Waals surface area contributed by atoms with Crippen LogP contribution in [0.2, 0.25) is 0 Å². The molecular formula is C16H18N2O2. The minimum atomic E-state index is -0.503. The third kappa shape index (κ3) is 1.17. The maximum Gasteiger partial charge on any atom is 0.239 e. The summed E-state index contributed by atoms with van der Waals surface area (Å²) in [7, 11) is 3.84. The predicted molar refractivity (Wildman–Crippen MR) is 75.7 cm³/mol. The number of benzene rings is 1. The Labute approximate surface area is 118 Å². The van der Waals surface area contributed by atoms with Gasteiger partial charge in [0.2, 0.25) is 5.91 Å². The fraction of sp³-hybridized carbons (Fsp3) is 0.500. The number of anilines is 1. The number of Topliss-reactive ketones (excluding diaryl/α,β-unsaturated/α-hetero) is 1. The van der Waals surface area contributed by atoms with E-state index in [1.165, 1.54) is 0 Å². The summed E-state index contributed by atoms with van der Waals surface area (Å²) in [5.41, 5.74) is 1.61. The van der Waals surface area contributed by atoms with E-state index in [-0.39, 0.29) is 18.0 Å². The summed E-state index contributed by atoms with van der Waals surface area (Å²) in [4.78, 5) is 29.0. The van der Waals surface area contributed by atoms with Crippen molar-refractivity contribution in [3.63, 3.8) is 0 Å². The van der Waals surface area contributed by atoms with Crippen LogP contribution in [0.4, 0.5) is 5.69 Å². The first-order valence-electron chi connectivity index (χ1n) is 7.19. The van der Waals surface area contributed by atoms with Crippen molar-refractivity contribution in [2.75, 3.05) is 19.0 Å². The van der Waals surface area contributed by atoms with E-state index in [1.54, 1.807) is 4.90 Å². The Balaban J connectivity index is 1.94. The lowest BCUT2D eigenvalue weighted by atomic mass is 9.74. The zero-order valence-electron chi connectivity index (χ0n) is 11.8. The van der Waals surface area contributed by atoms with Crippen LogP contribution in [0.3, 0.4) is 0 Å². The number of amides is 1. The zero-order chi connectivity index (χ0) is 14.1. The molecule has 3 atom stereocenters. The van der Waals surface area contributed by atoms with Crippen molar-refractivity contribution >= 4 is 17.4 Å². The number of carbonyl (C=O) groups is 2. The van der Waals surface area contributed by atoms with E-state index >= 15 is 0 Å². The van der Waals surface area contributed by atoms with Crippen LogP contribution in [0.15, 0.2) is 24.3 Å². The quantitative estimate of drug-likeness (QED) is 0.714. The van der Waals surface area contributed by atoms with Crippen molar-refractivity contribution in [1.82, 2.24) is 4.90 Å². The van der Waals surface area contributed by atoms with Crippen molar-refractivity contribution in [3.8, 4) is 0 Å². The first-order chi connectivity index (χ1) is 9.57. The molecule has 20 heavy (non-hydrogen) atoms. The maximum absolute atomic E-state index is 13.0. The molecule has 104 valence electrons. The first-order valence-corrected chi connectivity index (χ1v) is 7.19. The molecule has 3 heterocycles. The molecule has 4 nitrogen and oxygen atoms in total. The molecule has 0 unspecified atom stereocenters. The van der Waals surface area contributed by atoms with E-state index in [4.69, 9.17) is 0 Å². The van der Waals surface area contributed by atoms with Gasteiger partial charge in [-0.15, -0.1) is 0 Å². The van der Waals surface area contributed by atoms with Gasteiger partial charge in [0, 0.05) is 25.2 Å². The minimum Gasteiger partial charge on any atom is -0.314 e. The maximum atomic E-state index is 13.0. The van der Waals surface area contributed by atoms with E-state index in [9.17, 15) is 9.59 Å². The average molecular weight is 270 g/mol. The second-order valence-corrected chi connectivity index (χ2v) is 6.26. The van der Waals surface area contributed by atoms with E-state index in [2.05, 4.69) is 11.0 Å². The number of carbonyl (C=O) groups excluding carboxylic acids is 2. The normalized spacial score (nSPS) is 36.0. The predicted octanol–water partition coefficient (Wildman–Crippen LogP) is 1.34. The lowest BCUT2D eigenvalue weighted by Gasteiger charge is -2.35. The molecule has 0 aliphatic carbocycles. The fourth-order valence-corrected chi connectivity index (χ4v) is 4.57. The van der Waals surface area contributed by atoms with Gasteiger partial charge in [0.1, 0.15) is 5.78 Å². The van der Waals surface area contributed by atoms with Crippen LogP contribution in [0.25, 0.3) is 0 Å². The lowest BCUT2D eigenvalue weighted by Crippen LogP contribution is -2.50. The van der Waals surface area contributed by atoms with Crippen molar-refractivity contribution in [3.05, 3.63) is 29.8 Å². The number of rotatable bonds is 0. The Morgan fingerprint density at radius 1 is 1.20 bits per heavy atom. The number of ketones is 1. The Morgan fingerprint density at radius 3 is 2.70 bits per heavy atom. The van der Waals surface area contributed by atoms with Crippen molar-refractivity contribution < 1.29 is 9.59 Å². The molecule has 0 radical (unpaired) electrons. The van der Waals surface area contributed by atoms with Crippen molar-refractivity contribution in [1.29, 1.82) is 0 Å². The molecule has 1 aromatic rings. The van der Waals surface area contributed by atoms with Gasteiger partial charge >= 0.3 is 0 Å². The van der Waals surface area contributed by atoms with Gasteiger partial charge in [-0.2, -0.15) is 0 Å². The third-order valence-electron chi connectivity index (χ3n) is 5.54. The molecule has 4 heteroatoms. The highest BCUT2D eigenvalue weighted by molar-refractivity contribution is 6.09. The zero-order valence-corrected chi connectivity index (χ0v) is 11.8. The van der Waals surface area contributed by atoms with E-state index < -0.39 is 5.41 Å². The minimum absolute atomic E-state index is 0.0859. The molecule has 2 fully saturated rings. The van der Waals surface area contributed by atoms with E-state index in [0.717, 1.165) is 17.7 Å². The van der Waals surface area contributed by atoms with Gasteiger partial charge in [0.05, 0.1) is 11.5 Å². The fourth-order valence-electron chi connectivity index (χ4n) is 4.57. The van der Waals surface area contributed by atoms with Crippen LogP contribution >= 0.6 is 0 Å². The summed E-state index contributed by atoms with van der Waals surface area (Å²) in [5.74, 6) is 0.452. The number of para-hydroxylation sites is 1. The van der Waals surface area contributed by atoms with Crippen molar-refractivity contribution in [2.45, 2.75) is 36.8 Å². The molecule has 2 bridgehead atoms. The van der Waals surface area contributed by atoms with Gasteiger partial charge < -0.3 is 4.90 Å². The number of hydrogen-bond donors (Lipinski definition) is 0. The number of nitrogens with zero attached hydrogens (tertiary/aromatic N) is 2. The van der Waals surface area contributed by atoms with Crippen LogP contribution < -0.4 is 4.90 Å². The number of hydrogen-bond acceptors (Lipinski definition) is 3. The lowest BCUT2D eigenvalue weighted by molar-refractivity contribution is -0.127. The number of likely N-dealkylation sites (N-methyl/N-ethyl adjacent to an activating group) is 2. The highest BCUT2D eigenvalue weighted by atomic mass is 16.2. The van der Waals surface area contributed by atoms with Crippen LogP contribution in [0, 0.1) is 0 Å². The Morgan fingerprint density at radius 2 is 1.95 bits per heavy atom. The molecule has 4 rings (SSSR count). The monoisotopic (exact) mass is 270 g/mol.